The molecule has 0 bridgehead atoms. The van der Waals surface area contributed by atoms with Gasteiger partial charge < -0.3 is 20.1 Å². The Hall–Kier alpha value is -3.41. The number of carbonyl (C=O) groups excluding carboxylic acids is 2. The van der Waals surface area contributed by atoms with Crippen molar-refractivity contribution in [3.8, 4) is 0 Å². The first-order valence-corrected chi connectivity index (χ1v) is 8.95. The standard InChI is InChI=1S/C22H22N2O4/c1-15-7-6-8-16(2)20(15)23-21(27)22(14-19(25)26)13-18(24-28-22)12-11-17-9-4-3-5-10-17/h3-12H,13-14H2,1-2H3,(H,23,27)(H,25,26)/p-1/b12-11+/t22-/m0/s1. The van der Waals surface area contributed by atoms with Gasteiger partial charge in [-0.3, -0.25) is 4.79 Å². The molecule has 0 radical (unpaired) electrons. The lowest BCUT2D eigenvalue weighted by Gasteiger charge is -2.26. The van der Waals surface area contributed by atoms with E-state index < -0.39 is 23.9 Å². The van der Waals surface area contributed by atoms with E-state index in [9.17, 15) is 14.7 Å². The molecule has 1 atom stereocenters. The Morgan fingerprint density at radius 3 is 2.43 bits per heavy atom. The summed E-state index contributed by atoms with van der Waals surface area (Å²) in [4.78, 5) is 29.6. The normalized spacial score (nSPS) is 18.6. The second kappa shape index (κ2) is 8.08. The fraction of sp³-hybridized carbons (Fsp3) is 0.227. The highest BCUT2D eigenvalue weighted by molar-refractivity contribution is 6.08. The van der Waals surface area contributed by atoms with Crippen LogP contribution in [0.15, 0.2) is 59.8 Å². The Morgan fingerprint density at radius 1 is 1.11 bits per heavy atom. The average Bonchev–Trinajstić information content (AvgIpc) is 3.07. The molecule has 144 valence electrons. The molecular weight excluding hydrogens is 356 g/mol. The maximum absolute atomic E-state index is 13.0. The van der Waals surface area contributed by atoms with E-state index in [2.05, 4.69) is 10.5 Å². The summed E-state index contributed by atoms with van der Waals surface area (Å²) in [6.45, 7) is 3.74. The zero-order valence-electron chi connectivity index (χ0n) is 15.8. The van der Waals surface area contributed by atoms with E-state index >= 15 is 0 Å². The lowest BCUT2D eigenvalue weighted by Crippen LogP contribution is -2.47. The van der Waals surface area contributed by atoms with Crippen LogP contribution in [0.2, 0.25) is 0 Å². The molecule has 28 heavy (non-hydrogen) atoms. The molecule has 1 N–H and O–H groups in total. The lowest BCUT2D eigenvalue weighted by molar-refractivity contribution is -0.309. The minimum atomic E-state index is -1.64. The van der Waals surface area contributed by atoms with Crippen LogP contribution in [0.25, 0.3) is 6.08 Å². The van der Waals surface area contributed by atoms with Gasteiger partial charge in [0.05, 0.1) is 5.71 Å². The van der Waals surface area contributed by atoms with Gasteiger partial charge in [0, 0.05) is 24.5 Å². The van der Waals surface area contributed by atoms with Crippen molar-refractivity contribution in [1.29, 1.82) is 0 Å². The number of hydrogen-bond donors (Lipinski definition) is 1. The van der Waals surface area contributed by atoms with Gasteiger partial charge in [-0.05, 0) is 36.6 Å². The van der Waals surface area contributed by atoms with Gasteiger partial charge >= 0.3 is 0 Å². The minimum Gasteiger partial charge on any atom is -0.550 e. The molecule has 2 aromatic carbocycles. The third kappa shape index (κ3) is 4.28. The van der Waals surface area contributed by atoms with E-state index in [0.717, 1.165) is 16.7 Å². The van der Waals surface area contributed by atoms with Crippen molar-refractivity contribution >= 4 is 29.4 Å². The van der Waals surface area contributed by atoms with Crippen molar-refractivity contribution in [3.05, 3.63) is 71.3 Å². The fourth-order valence-electron chi connectivity index (χ4n) is 3.12. The number of carboxylic acids is 1. The van der Waals surface area contributed by atoms with Gasteiger partial charge in [0.25, 0.3) is 5.91 Å². The average molecular weight is 377 g/mol. The molecule has 2 aromatic rings. The third-order valence-electron chi connectivity index (χ3n) is 4.64. The largest absolute Gasteiger partial charge is 0.550 e. The van der Waals surface area contributed by atoms with Crippen molar-refractivity contribution in [2.75, 3.05) is 5.32 Å². The van der Waals surface area contributed by atoms with E-state index in [0.29, 0.717) is 11.4 Å². The summed E-state index contributed by atoms with van der Waals surface area (Å²) in [7, 11) is 0. The van der Waals surface area contributed by atoms with Crippen LogP contribution in [0.1, 0.15) is 29.5 Å². The summed E-state index contributed by atoms with van der Waals surface area (Å²) >= 11 is 0. The number of anilines is 1. The molecule has 0 unspecified atom stereocenters. The monoisotopic (exact) mass is 377 g/mol. The number of hydrogen-bond acceptors (Lipinski definition) is 5. The molecule has 1 aliphatic rings. The van der Waals surface area contributed by atoms with Crippen LogP contribution in [0.3, 0.4) is 0 Å². The van der Waals surface area contributed by atoms with Crippen LogP contribution >= 0.6 is 0 Å². The number of amides is 1. The Morgan fingerprint density at radius 2 is 1.79 bits per heavy atom. The van der Waals surface area contributed by atoms with E-state index in [4.69, 9.17) is 4.84 Å². The van der Waals surface area contributed by atoms with Gasteiger partial charge in [-0.2, -0.15) is 0 Å². The number of aliphatic carboxylic acids is 1. The molecule has 1 aliphatic heterocycles. The van der Waals surface area contributed by atoms with Crippen molar-refractivity contribution in [2.24, 2.45) is 5.16 Å². The first kappa shape index (κ1) is 19.4. The summed E-state index contributed by atoms with van der Waals surface area (Å²) in [5, 5.41) is 18.0. The highest BCUT2D eigenvalue weighted by Gasteiger charge is 2.46. The van der Waals surface area contributed by atoms with Crippen LogP contribution < -0.4 is 10.4 Å². The predicted octanol–water partition coefficient (Wildman–Crippen LogP) is 2.61. The van der Waals surface area contributed by atoms with Crippen molar-refractivity contribution in [2.45, 2.75) is 32.3 Å². The maximum Gasteiger partial charge on any atom is 0.272 e. The Balaban J connectivity index is 1.79. The topological polar surface area (TPSA) is 90.8 Å². The Labute approximate surface area is 163 Å². The van der Waals surface area contributed by atoms with Gasteiger partial charge in [0.15, 0.2) is 0 Å². The number of allylic oxidation sites excluding steroid dienone is 1. The van der Waals surface area contributed by atoms with Crippen LogP contribution in [0.4, 0.5) is 5.69 Å². The number of aryl methyl sites for hydroxylation is 2. The van der Waals surface area contributed by atoms with Gasteiger partial charge in [0.1, 0.15) is 0 Å². The highest BCUT2D eigenvalue weighted by Crippen LogP contribution is 2.31. The first-order chi connectivity index (χ1) is 13.4. The van der Waals surface area contributed by atoms with Crippen molar-refractivity contribution in [3.63, 3.8) is 0 Å². The number of para-hydroxylation sites is 1. The summed E-state index contributed by atoms with van der Waals surface area (Å²) in [5.74, 6) is -1.93. The third-order valence-corrected chi connectivity index (χ3v) is 4.64. The minimum absolute atomic E-state index is 0.0427. The summed E-state index contributed by atoms with van der Waals surface area (Å²) in [6.07, 6.45) is 3.01. The molecule has 0 aromatic heterocycles. The summed E-state index contributed by atoms with van der Waals surface area (Å²) in [5.41, 5.74) is 2.20. The Kier molecular flexibility index (Phi) is 5.59. The summed E-state index contributed by atoms with van der Waals surface area (Å²) < 4.78 is 0. The molecule has 1 heterocycles. The number of nitrogens with one attached hydrogen (secondary N) is 1. The number of nitrogens with zero attached hydrogens (tertiary/aromatic N) is 1. The van der Waals surface area contributed by atoms with Crippen LogP contribution in [0, 0.1) is 13.8 Å². The SMILES string of the molecule is Cc1cccc(C)c1NC(=O)[C@@]1(CC(=O)[O-])CC(/C=C/c2ccccc2)=NO1. The molecule has 0 saturated carbocycles. The first-order valence-electron chi connectivity index (χ1n) is 8.95. The zero-order chi connectivity index (χ0) is 20.1. The molecule has 0 saturated heterocycles. The van der Waals surface area contributed by atoms with Crippen LogP contribution in [-0.4, -0.2) is 23.2 Å². The smallest absolute Gasteiger partial charge is 0.272 e. The Bertz CT molecular complexity index is 930. The zero-order valence-corrected chi connectivity index (χ0v) is 15.8. The number of rotatable bonds is 6. The lowest BCUT2D eigenvalue weighted by atomic mass is 9.91. The molecule has 0 fully saturated rings. The molecule has 1 amide bonds. The number of carbonyl (C=O) groups is 2. The van der Waals surface area contributed by atoms with Gasteiger partial charge in [-0.25, -0.2) is 0 Å². The van der Waals surface area contributed by atoms with E-state index in [-0.39, 0.29) is 6.42 Å². The number of oxime groups is 1. The van der Waals surface area contributed by atoms with Crippen molar-refractivity contribution < 1.29 is 19.5 Å². The second-order valence-electron chi connectivity index (χ2n) is 6.86. The van der Waals surface area contributed by atoms with E-state index in [1.807, 2.05) is 68.5 Å². The number of benzene rings is 2. The molecule has 0 spiro atoms. The van der Waals surface area contributed by atoms with E-state index in [1.165, 1.54) is 0 Å². The van der Waals surface area contributed by atoms with Crippen LogP contribution in [0.5, 0.6) is 0 Å². The quantitative estimate of drug-likeness (QED) is 0.838. The van der Waals surface area contributed by atoms with Gasteiger partial charge in [-0.1, -0.05) is 59.8 Å². The summed E-state index contributed by atoms with van der Waals surface area (Å²) in [6, 6.07) is 15.2. The molecule has 6 heteroatoms. The fourth-order valence-corrected chi connectivity index (χ4v) is 3.12. The molecular formula is C22H21N2O4-. The van der Waals surface area contributed by atoms with E-state index in [1.54, 1.807) is 6.08 Å². The van der Waals surface area contributed by atoms with Crippen LogP contribution in [-0.2, 0) is 14.4 Å². The second-order valence-corrected chi connectivity index (χ2v) is 6.86. The highest BCUT2D eigenvalue weighted by atomic mass is 16.7. The van der Waals surface area contributed by atoms with Crippen molar-refractivity contribution in [1.82, 2.24) is 0 Å². The van der Waals surface area contributed by atoms with Gasteiger partial charge in [-0.15, -0.1) is 0 Å². The molecule has 0 aliphatic carbocycles. The predicted molar refractivity (Wildman–Crippen MR) is 106 cm³/mol. The maximum atomic E-state index is 13.0. The molecule has 3 rings (SSSR count). The number of carboxylic acid groups (broad SMARTS) is 1. The van der Waals surface area contributed by atoms with Gasteiger partial charge in [0.2, 0.25) is 5.60 Å². The molecule has 6 nitrogen and oxygen atoms in total.